The second-order valence-electron chi connectivity index (χ2n) is 4.79. The number of hydrogen-bond acceptors (Lipinski definition) is 2. The maximum Gasteiger partial charge on any atom is 0.119 e. The Labute approximate surface area is 136 Å². The lowest BCUT2D eigenvalue weighted by Gasteiger charge is -2.16. The molecule has 0 aliphatic carbocycles. The van der Waals surface area contributed by atoms with E-state index >= 15 is 0 Å². The molecule has 0 aliphatic heterocycles. The monoisotopic (exact) mass is 397 g/mol. The van der Waals surface area contributed by atoms with Crippen LogP contribution >= 0.6 is 31.9 Å². The fraction of sp³-hybridized carbons (Fsp3) is 0.250. The molecular weight excluding hydrogens is 382 g/mol. The van der Waals surface area contributed by atoms with Crippen molar-refractivity contribution in [3.8, 4) is 5.75 Å². The molecule has 1 unspecified atom stereocenters. The molecule has 2 aromatic rings. The van der Waals surface area contributed by atoms with E-state index in [1.54, 1.807) is 7.11 Å². The predicted octanol–water partition coefficient (Wildman–Crippen LogP) is 4.77. The lowest BCUT2D eigenvalue weighted by Crippen LogP contribution is -2.14. The molecule has 2 N–H and O–H groups in total. The van der Waals surface area contributed by atoms with Gasteiger partial charge in [-0.15, -0.1) is 0 Å². The number of nitrogens with two attached hydrogens (primary N) is 1. The van der Waals surface area contributed by atoms with E-state index in [2.05, 4.69) is 57.0 Å². The third-order valence-electron chi connectivity index (χ3n) is 3.27. The fourth-order valence-corrected chi connectivity index (χ4v) is 3.22. The first kappa shape index (κ1) is 15.5. The molecule has 0 aliphatic rings. The van der Waals surface area contributed by atoms with Crippen LogP contribution in [0.2, 0.25) is 0 Å². The Kier molecular flexibility index (Phi) is 5.24. The molecular formula is C16H17Br2NO. The normalized spacial score (nSPS) is 12.2. The molecule has 0 fully saturated rings. The third-order valence-corrected chi connectivity index (χ3v) is 4.81. The van der Waals surface area contributed by atoms with Crippen molar-refractivity contribution < 1.29 is 4.74 Å². The highest BCUT2D eigenvalue weighted by Gasteiger charge is 2.13. The number of benzene rings is 2. The zero-order valence-corrected chi connectivity index (χ0v) is 14.7. The Morgan fingerprint density at radius 3 is 2.60 bits per heavy atom. The number of ether oxygens (including phenoxy) is 1. The zero-order valence-electron chi connectivity index (χ0n) is 11.5. The average molecular weight is 399 g/mol. The first-order valence-electron chi connectivity index (χ1n) is 6.35. The van der Waals surface area contributed by atoms with Crippen LogP contribution in [0.1, 0.15) is 22.7 Å². The van der Waals surface area contributed by atoms with Gasteiger partial charge in [0.15, 0.2) is 0 Å². The number of rotatable bonds is 4. The van der Waals surface area contributed by atoms with Crippen LogP contribution in [-0.4, -0.2) is 7.11 Å². The van der Waals surface area contributed by atoms with Crippen LogP contribution in [0.4, 0.5) is 0 Å². The highest BCUT2D eigenvalue weighted by Crippen LogP contribution is 2.30. The molecule has 0 heterocycles. The maximum absolute atomic E-state index is 6.35. The summed E-state index contributed by atoms with van der Waals surface area (Å²) in [5.74, 6) is 0.860. The summed E-state index contributed by atoms with van der Waals surface area (Å²) in [4.78, 5) is 0. The summed E-state index contributed by atoms with van der Waals surface area (Å²) >= 11 is 7.16. The van der Waals surface area contributed by atoms with Crippen molar-refractivity contribution in [1.82, 2.24) is 0 Å². The second-order valence-corrected chi connectivity index (χ2v) is 6.49. The molecule has 0 bridgehead atoms. The van der Waals surface area contributed by atoms with Gasteiger partial charge in [0.1, 0.15) is 5.75 Å². The molecule has 2 nitrogen and oxygen atoms in total. The van der Waals surface area contributed by atoms with E-state index in [-0.39, 0.29) is 6.04 Å². The van der Waals surface area contributed by atoms with Crippen molar-refractivity contribution in [2.24, 2.45) is 5.73 Å². The summed E-state index contributed by atoms with van der Waals surface area (Å²) in [7, 11) is 1.67. The largest absolute Gasteiger partial charge is 0.497 e. The van der Waals surface area contributed by atoms with E-state index < -0.39 is 0 Å². The maximum atomic E-state index is 6.35. The van der Waals surface area contributed by atoms with E-state index in [0.29, 0.717) is 0 Å². The quantitative estimate of drug-likeness (QED) is 0.804. The lowest BCUT2D eigenvalue weighted by molar-refractivity contribution is 0.414. The van der Waals surface area contributed by atoms with Crippen LogP contribution in [0, 0.1) is 6.92 Å². The van der Waals surface area contributed by atoms with Gasteiger partial charge in [0.2, 0.25) is 0 Å². The van der Waals surface area contributed by atoms with Crippen LogP contribution < -0.4 is 10.5 Å². The molecule has 0 aromatic heterocycles. The average Bonchev–Trinajstić information content (AvgIpc) is 2.43. The van der Waals surface area contributed by atoms with Gasteiger partial charge in [-0.2, -0.15) is 0 Å². The Morgan fingerprint density at radius 2 is 1.90 bits per heavy atom. The Hall–Kier alpha value is -0.840. The van der Waals surface area contributed by atoms with Crippen molar-refractivity contribution in [3.05, 3.63) is 62.0 Å². The van der Waals surface area contributed by atoms with E-state index in [4.69, 9.17) is 10.5 Å². The topological polar surface area (TPSA) is 35.2 Å². The Bertz CT molecular complexity index is 613. The Morgan fingerprint density at radius 1 is 1.15 bits per heavy atom. The van der Waals surface area contributed by atoms with Crippen molar-refractivity contribution in [2.45, 2.75) is 19.4 Å². The van der Waals surface area contributed by atoms with Crippen molar-refractivity contribution in [3.63, 3.8) is 0 Å². The molecule has 20 heavy (non-hydrogen) atoms. The smallest absolute Gasteiger partial charge is 0.119 e. The third kappa shape index (κ3) is 3.62. The van der Waals surface area contributed by atoms with E-state index in [9.17, 15) is 0 Å². The predicted molar refractivity (Wildman–Crippen MR) is 90.2 cm³/mol. The molecule has 2 aromatic carbocycles. The van der Waals surface area contributed by atoms with Gasteiger partial charge < -0.3 is 10.5 Å². The minimum atomic E-state index is -0.0617. The van der Waals surface area contributed by atoms with E-state index in [0.717, 1.165) is 26.7 Å². The SMILES string of the molecule is COc1cccc(CC(N)c2cc(Br)c(C)cc2Br)c1. The molecule has 0 spiro atoms. The van der Waals surface area contributed by atoms with Gasteiger partial charge in [0.05, 0.1) is 7.11 Å². The first-order valence-corrected chi connectivity index (χ1v) is 7.94. The molecule has 0 amide bonds. The minimum Gasteiger partial charge on any atom is -0.497 e. The second kappa shape index (κ2) is 6.74. The van der Waals surface area contributed by atoms with Crippen molar-refractivity contribution in [1.29, 1.82) is 0 Å². The zero-order chi connectivity index (χ0) is 14.7. The highest BCUT2D eigenvalue weighted by atomic mass is 79.9. The first-order chi connectivity index (χ1) is 9.51. The van der Waals surface area contributed by atoms with E-state index in [1.807, 2.05) is 18.2 Å². The minimum absolute atomic E-state index is 0.0617. The number of methoxy groups -OCH3 is 1. The van der Waals surface area contributed by atoms with Gasteiger partial charge in [-0.05, 0) is 54.3 Å². The summed E-state index contributed by atoms with van der Waals surface area (Å²) in [6.07, 6.45) is 0.769. The molecule has 106 valence electrons. The van der Waals surface area contributed by atoms with Gasteiger partial charge in [-0.3, -0.25) is 0 Å². The molecule has 0 saturated heterocycles. The molecule has 2 rings (SSSR count). The summed E-state index contributed by atoms with van der Waals surface area (Å²) < 4.78 is 7.37. The van der Waals surface area contributed by atoms with Crippen LogP contribution in [0.3, 0.4) is 0 Å². The standard InChI is InChI=1S/C16H17Br2NO/c1-10-6-15(18)13(9-14(10)17)16(19)8-11-4-3-5-12(7-11)20-2/h3-7,9,16H,8,19H2,1-2H3. The van der Waals surface area contributed by atoms with Crippen LogP contribution in [-0.2, 0) is 6.42 Å². The molecule has 1 atom stereocenters. The van der Waals surface area contributed by atoms with Crippen LogP contribution in [0.15, 0.2) is 45.3 Å². The van der Waals surface area contributed by atoms with Gasteiger partial charge >= 0.3 is 0 Å². The molecule has 4 heteroatoms. The molecule has 0 radical (unpaired) electrons. The Balaban J connectivity index is 2.23. The highest BCUT2D eigenvalue weighted by molar-refractivity contribution is 9.11. The lowest BCUT2D eigenvalue weighted by atomic mass is 9.99. The summed E-state index contributed by atoms with van der Waals surface area (Å²) in [6, 6.07) is 12.1. The number of halogens is 2. The van der Waals surface area contributed by atoms with Gasteiger partial charge in [-0.1, -0.05) is 44.0 Å². The van der Waals surface area contributed by atoms with Crippen molar-refractivity contribution in [2.75, 3.05) is 7.11 Å². The fourth-order valence-electron chi connectivity index (χ4n) is 2.11. The van der Waals surface area contributed by atoms with Gasteiger partial charge in [0.25, 0.3) is 0 Å². The summed E-state index contributed by atoms with van der Waals surface area (Å²) in [5, 5.41) is 0. The number of hydrogen-bond donors (Lipinski definition) is 1. The number of aryl methyl sites for hydroxylation is 1. The summed E-state index contributed by atoms with van der Waals surface area (Å²) in [5.41, 5.74) is 9.80. The van der Waals surface area contributed by atoms with E-state index in [1.165, 1.54) is 11.1 Å². The summed E-state index contributed by atoms with van der Waals surface area (Å²) in [6.45, 7) is 2.06. The molecule has 0 saturated carbocycles. The van der Waals surface area contributed by atoms with Gasteiger partial charge in [0, 0.05) is 15.0 Å². The van der Waals surface area contributed by atoms with Crippen molar-refractivity contribution >= 4 is 31.9 Å². The van der Waals surface area contributed by atoms with Gasteiger partial charge in [-0.25, -0.2) is 0 Å². The van der Waals surface area contributed by atoms with Crippen LogP contribution in [0.25, 0.3) is 0 Å². The van der Waals surface area contributed by atoms with Crippen LogP contribution in [0.5, 0.6) is 5.75 Å².